The average molecular weight is 181 g/mol. The van der Waals surface area contributed by atoms with Gasteiger partial charge in [0.25, 0.3) is 0 Å². The third-order valence-electron chi connectivity index (χ3n) is 1.48. The van der Waals surface area contributed by atoms with E-state index < -0.39 is 5.97 Å². The van der Waals surface area contributed by atoms with Gasteiger partial charge in [-0.25, -0.2) is 4.79 Å². The molecule has 0 radical (unpaired) electrons. The molecule has 0 atom stereocenters. The lowest BCUT2D eigenvalue weighted by molar-refractivity contribution is 0.0652. The highest BCUT2D eigenvalue weighted by atomic mass is 16.5. The minimum absolute atomic E-state index is 0.129. The van der Waals surface area contributed by atoms with Crippen molar-refractivity contribution in [1.82, 2.24) is 5.16 Å². The van der Waals surface area contributed by atoms with Crippen molar-refractivity contribution in [3.05, 3.63) is 23.6 Å². The molecule has 13 heavy (non-hydrogen) atoms. The molecule has 4 heteroatoms. The molecule has 0 aliphatic rings. The molecule has 0 bridgehead atoms. The van der Waals surface area contributed by atoms with Gasteiger partial charge in [-0.05, 0) is 12.5 Å². The number of carboxylic acid groups (broad SMARTS) is 1. The Morgan fingerprint density at radius 2 is 2.54 bits per heavy atom. The van der Waals surface area contributed by atoms with Gasteiger partial charge >= 0.3 is 5.97 Å². The summed E-state index contributed by atoms with van der Waals surface area (Å²) < 4.78 is 4.56. The van der Waals surface area contributed by atoms with Crippen LogP contribution in [-0.4, -0.2) is 16.2 Å². The van der Waals surface area contributed by atoms with Crippen LogP contribution in [-0.2, 0) is 0 Å². The van der Waals surface area contributed by atoms with Crippen molar-refractivity contribution in [2.75, 3.05) is 0 Å². The second-order valence-corrected chi connectivity index (χ2v) is 2.61. The number of aromatic nitrogens is 1. The van der Waals surface area contributed by atoms with Crippen molar-refractivity contribution in [3.8, 4) is 0 Å². The molecule has 1 rings (SSSR count). The summed E-state index contributed by atoms with van der Waals surface area (Å²) in [6.07, 6.45) is 5.69. The first-order valence-corrected chi connectivity index (χ1v) is 4.10. The number of carboxylic acids is 1. The van der Waals surface area contributed by atoms with Crippen LogP contribution >= 0.6 is 0 Å². The van der Waals surface area contributed by atoms with Crippen molar-refractivity contribution in [2.45, 2.75) is 19.8 Å². The minimum Gasteiger partial charge on any atom is -0.475 e. The number of carbonyl (C=O) groups is 1. The van der Waals surface area contributed by atoms with Gasteiger partial charge in [-0.15, -0.1) is 0 Å². The normalized spacial score (nSPS) is 10.8. The third-order valence-corrected chi connectivity index (χ3v) is 1.48. The fourth-order valence-corrected chi connectivity index (χ4v) is 0.839. The summed E-state index contributed by atoms with van der Waals surface area (Å²) in [4.78, 5) is 10.4. The topological polar surface area (TPSA) is 63.3 Å². The summed E-state index contributed by atoms with van der Waals surface area (Å²) in [5, 5.41) is 12.1. The third kappa shape index (κ3) is 2.74. The lowest BCUT2D eigenvalue weighted by atomic mass is 10.3. The fourth-order valence-electron chi connectivity index (χ4n) is 0.839. The fraction of sp³-hybridized carbons (Fsp3) is 0.333. The molecule has 0 saturated heterocycles. The Bertz CT molecular complexity index is 314. The van der Waals surface area contributed by atoms with E-state index in [2.05, 4.69) is 16.6 Å². The van der Waals surface area contributed by atoms with Gasteiger partial charge in [0.1, 0.15) is 5.69 Å². The molecular weight excluding hydrogens is 170 g/mol. The molecule has 0 aliphatic carbocycles. The van der Waals surface area contributed by atoms with Crippen LogP contribution in [0.5, 0.6) is 0 Å². The Kier molecular flexibility index (Phi) is 3.25. The molecule has 70 valence electrons. The van der Waals surface area contributed by atoms with Gasteiger partial charge in [-0.1, -0.05) is 24.6 Å². The van der Waals surface area contributed by atoms with Crippen LogP contribution in [0.3, 0.4) is 0 Å². The molecule has 4 nitrogen and oxygen atoms in total. The maximum atomic E-state index is 10.4. The Balaban J connectivity index is 2.64. The van der Waals surface area contributed by atoms with E-state index in [1.165, 1.54) is 6.07 Å². The lowest BCUT2D eigenvalue weighted by Crippen LogP contribution is -1.91. The van der Waals surface area contributed by atoms with Crippen molar-refractivity contribution in [2.24, 2.45) is 0 Å². The Labute approximate surface area is 75.9 Å². The molecule has 1 aromatic rings. The van der Waals surface area contributed by atoms with Gasteiger partial charge in [0, 0.05) is 6.07 Å². The van der Waals surface area contributed by atoms with Gasteiger partial charge in [-0.2, -0.15) is 0 Å². The van der Waals surface area contributed by atoms with Crippen molar-refractivity contribution in [1.29, 1.82) is 0 Å². The van der Waals surface area contributed by atoms with E-state index in [0.29, 0.717) is 5.69 Å². The zero-order valence-electron chi connectivity index (χ0n) is 7.36. The summed E-state index contributed by atoms with van der Waals surface area (Å²) in [7, 11) is 0. The van der Waals surface area contributed by atoms with Gasteiger partial charge in [-0.3, -0.25) is 0 Å². The van der Waals surface area contributed by atoms with Crippen LogP contribution < -0.4 is 0 Å². The summed E-state index contributed by atoms with van der Waals surface area (Å²) in [6, 6.07) is 1.40. The van der Waals surface area contributed by atoms with E-state index in [1.807, 2.05) is 6.08 Å². The van der Waals surface area contributed by atoms with E-state index in [9.17, 15) is 4.79 Å². The minimum atomic E-state index is -1.09. The smallest absolute Gasteiger partial charge is 0.374 e. The Hall–Kier alpha value is -1.58. The molecule has 1 aromatic heterocycles. The molecule has 0 aliphatic heterocycles. The summed E-state index contributed by atoms with van der Waals surface area (Å²) in [5.74, 6) is -1.22. The number of unbranched alkanes of at least 4 members (excludes halogenated alkanes) is 1. The van der Waals surface area contributed by atoms with E-state index >= 15 is 0 Å². The van der Waals surface area contributed by atoms with Gasteiger partial charge in [0.15, 0.2) is 0 Å². The summed E-state index contributed by atoms with van der Waals surface area (Å²) in [6.45, 7) is 2.07. The number of hydrogen-bond donors (Lipinski definition) is 1. The van der Waals surface area contributed by atoms with Gasteiger partial charge in [0.05, 0.1) is 0 Å². The second kappa shape index (κ2) is 4.45. The SMILES string of the molecule is CCC/C=C/c1cc(C(=O)O)on1. The number of rotatable bonds is 4. The molecular formula is C9H11NO3. The average Bonchev–Trinajstić information content (AvgIpc) is 2.53. The van der Waals surface area contributed by atoms with Crippen LogP contribution in [0.2, 0.25) is 0 Å². The highest BCUT2D eigenvalue weighted by molar-refractivity contribution is 5.84. The van der Waals surface area contributed by atoms with E-state index in [1.54, 1.807) is 6.08 Å². The van der Waals surface area contributed by atoms with Crippen molar-refractivity contribution >= 4 is 12.0 Å². The molecule has 1 heterocycles. The quantitative estimate of drug-likeness (QED) is 0.773. The highest BCUT2D eigenvalue weighted by Crippen LogP contribution is 2.05. The number of nitrogens with zero attached hydrogens (tertiary/aromatic N) is 1. The summed E-state index contributed by atoms with van der Waals surface area (Å²) in [5.41, 5.74) is 0.547. The zero-order chi connectivity index (χ0) is 9.68. The molecule has 0 unspecified atom stereocenters. The largest absolute Gasteiger partial charge is 0.475 e. The van der Waals surface area contributed by atoms with E-state index in [-0.39, 0.29) is 5.76 Å². The molecule has 0 fully saturated rings. The molecule has 1 N–H and O–H groups in total. The van der Waals surface area contributed by atoms with Gasteiger partial charge < -0.3 is 9.63 Å². The lowest BCUT2D eigenvalue weighted by Gasteiger charge is -1.81. The number of allylic oxidation sites excluding steroid dienone is 1. The summed E-state index contributed by atoms with van der Waals surface area (Å²) >= 11 is 0. The van der Waals surface area contributed by atoms with Crippen molar-refractivity contribution < 1.29 is 14.4 Å². The first-order valence-electron chi connectivity index (χ1n) is 4.10. The second-order valence-electron chi connectivity index (χ2n) is 2.61. The first-order chi connectivity index (χ1) is 6.24. The van der Waals surface area contributed by atoms with Crippen LogP contribution in [0.15, 0.2) is 16.7 Å². The molecule has 0 saturated carbocycles. The highest BCUT2D eigenvalue weighted by Gasteiger charge is 2.08. The molecule has 0 amide bonds. The van der Waals surface area contributed by atoms with Gasteiger partial charge in [0.2, 0.25) is 5.76 Å². The predicted molar refractivity (Wildman–Crippen MR) is 47.4 cm³/mol. The van der Waals surface area contributed by atoms with E-state index in [4.69, 9.17) is 5.11 Å². The number of hydrogen-bond acceptors (Lipinski definition) is 3. The first kappa shape index (κ1) is 9.51. The maximum absolute atomic E-state index is 10.4. The van der Waals surface area contributed by atoms with Crippen LogP contribution in [0, 0.1) is 0 Å². The van der Waals surface area contributed by atoms with Crippen molar-refractivity contribution in [3.63, 3.8) is 0 Å². The molecule has 0 spiro atoms. The maximum Gasteiger partial charge on any atom is 0.374 e. The Morgan fingerprint density at radius 1 is 1.77 bits per heavy atom. The monoisotopic (exact) mass is 181 g/mol. The van der Waals surface area contributed by atoms with Crippen LogP contribution in [0.1, 0.15) is 36.0 Å². The van der Waals surface area contributed by atoms with E-state index in [0.717, 1.165) is 12.8 Å². The molecule has 0 aromatic carbocycles. The van der Waals surface area contributed by atoms with Crippen LogP contribution in [0.25, 0.3) is 6.08 Å². The van der Waals surface area contributed by atoms with Crippen LogP contribution in [0.4, 0.5) is 0 Å². The predicted octanol–water partition coefficient (Wildman–Crippen LogP) is 2.19. The standard InChI is InChI=1S/C9H11NO3/c1-2-3-4-5-7-6-8(9(11)12)13-10-7/h4-6H,2-3H2,1H3,(H,11,12)/b5-4+. The Morgan fingerprint density at radius 3 is 3.08 bits per heavy atom. The zero-order valence-corrected chi connectivity index (χ0v) is 7.36. The number of aromatic carboxylic acids is 1.